The average molecular weight is 295 g/mol. The fourth-order valence-corrected chi connectivity index (χ4v) is 2.58. The standard InChI is InChI=1S/C15H25N3O3/c1-10(12-17-13(18-21-12)14(2,3)4)16-11(19)9-15(20)7-5-6-8-15/h10,20H,5-9H2,1-4H3,(H,16,19). The predicted molar refractivity (Wildman–Crippen MR) is 77.6 cm³/mol. The van der Waals surface area contributed by atoms with Crippen LogP contribution in [0.4, 0.5) is 0 Å². The van der Waals surface area contributed by atoms with Gasteiger partial charge in [-0.1, -0.05) is 38.8 Å². The van der Waals surface area contributed by atoms with Crippen LogP contribution in [0.15, 0.2) is 4.52 Å². The molecule has 1 aliphatic carbocycles. The zero-order chi connectivity index (χ0) is 15.7. The van der Waals surface area contributed by atoms with Crippen molar-refractivity contribution in [1.82, 2.24) is 15.5 Å². The summed E-state index contributed by atoms with van der Waals surface area (Å²) in [6.07, 6.45) is 3.50. The van der Waals surface area contributed by atoms with E-state index in [1.54, 1.807) is 6.92 Å². The van der Waals surface area contributed by atoms with Gasteiger partial charge >= 0.3 is 0 Å². The van der Waals surface area contributed by atoms with Crippen LogP contribution in [-0.4, -0.2) is 26.8 Å². The SMILES string of the molecule is CC(NC(=O)CC1(O)CCCC1)c1nc(C(C)(C)C)no1. The van der Waals surface area contributed by atoms with Gasteiger partial charge in [0.15, 0.2) is 5.82 Å². The van der Waals surface area contributed by atoms with Crippen LogP contribution in [-0.2, 0) is 10.2 Å². The van der Waals surface area contributed by atoms with Gasteiger partial charge in [0, 0.05) is 5.41 Å². The molecule has 1 unspecified atom stereocenters. The first-order valence-corrected chi connectivity index (χ1v) is 7.55. The molecule has 6 heteroatoms. The van der Waals surface area contributed by atoms with E-state index in [1.165, 1.54) is 0 Å². The largest absolute Gasteiger partial charge is 0.389 e. The molecule has 1 amide bonds. The molecule has 0 aliphatic heterocycles. The van der Waals surface area contributed by atoms with Crippen LogP contribution in [0.1, 0.15) is 77.6 Å². The monoisotopic (exact) mass is 295 g/mol. The zero-order valence-electron chi connectivity index (χ0n) is 13.3. The van der Waals surface area contributed by atoms with Crippen LogP contribution < -0.4 is 5.32 Å². The van der Waals surface area contributed by atoms with Crippen molar-refractivity contribution in [1.29, 1.82) is 0 Å². The number of aromatic nitrogens is 2. The zero-order valence-corrected chi connectivity index (χ0v) is 13.3. The second-order valence-electron chi connectivity index (χ2n) is 7.10. The molecule has 1 atom stereocenters. The summed E-state index contributed by atoms with van der Waals surface area (Å²) in [6, 6.07) is -0.355. The van der Waals surface area contributed by atoms with Crippen molar-refractivity contribution in [2.45, 2.75) is 76.9 Å². The molecule has 0 radical (unpaired) electrons. The van der Waals surface area contributed by atoms with Crippen LogP contribution >= 0.6 is 0 Å². The van der Waals surface area contributed by atoms with E-state index < -0.39 is 5.60 Å². The normalized spacial score (nSPS) is 19.5. The van der Waals surface area contributed by atoms with Crippen molar-refractivity contribution in [2.75, 3.05) is 0 Å². The van der Waals surface area contributed by atoms with E-state index >= 15 is 0 Å². The lowest BCUT2D eigenvalue weighted by molar-refractivity contribution is -0.126. The van der Waals surface area contributed by atoms with E-state index in [0.717, 1.165) is 12.8 Å². The molecular formula is C15H25N3O3. The quantitative estimate of drug-likeness (QED) is 0.889. The van der Waals surface area contributed by atoms with Crippen LogP contribution in [0.5, 0.6) is 0 Å². The molecule has 21 heavy (non-hydrogen) atoms. The van der Waals surface area contributed by atoms with E-state index in [1.807, 2.05) is 20.8 Å². The van der Waals surface area contributed by atoms with Gasteiger partial charge in [0.25, 0.3) is 0 Å². The maximum Gasteiger partial charge on any atom is 0.248 e. The Morgan fingerprint density at radius 1 is 1.43 bits per heavy atom. The van der Waals surface area contributed by atoms with Gasteiger partial charge in [-0.15, -0.1) is 0 Å². The Bertz CT molecular complexity index is 499. The van der Waals surface area contributed by atoms with E-state index in [2.05, 4.69) is 15.5 Å². The van der Waals surface area contributed by atoms with Gasteiger partial charge in [-0.05, 0) is 19.8 Å². The Labute approximate surface area is 125 Å². The summed E-state index contributed by atoms with van der Waals surface area (Å²) in [5.74, 6) is 0.835. The van der Waals surface area contributed by atoms with Crippen molar-refractivity contribution in [3.63, 3.8) is 0 Å². The van der Waals surface area contributed by atoms with E-state index in [0.29, 0.717) is 24.6 Å². The number of hydrogen-bond acceptors (Lipinski definition) is 5. The summed E-state index contributed by atoms with van der Waals surface area (Å²) in [5, 5.41) is 17.0. The Morgan fingerprint density at radius 2 is 2.05 bits per heavy atom. The summed E-state index contributed by atoms with van der Waals surface area (Å²) < 4.78 is 5.21. The molecule has 0 spiro atoms. The number of rotatable bonds is 4. The molecule has 0 saturated heterocycles. The number of hydrogen-bond donors (Lipinski definition) is 2. The van der Waals surface area contributed by atoms with Crippen LogP contribution in [0.2, 0.25) is 0 Å². The molecule has 1 heterocycles. The molecule has 0 aromatic carbocycles. The molecule has 1 fully saturated rings. The van der Waals surface area contributed by atoms with E-state index in [4.69, 9.17) is 4.52 Å². The minimum Gasteiger partial charge on any atom is -0.389 e. The fourth-order valence-electron chi connectivity index (χ4n) is 2.58. The molecular weight excluding hydrogens is 270 g/mol. The van der Waals surface area contributed by atoms with Crippen LogP contribution in [0, 0.1) is 0 Å². The topological polar surface area (TPSA) is 88.2 Å². The van der Waals surface area contributed by atoms with Gasteiger partial charge in [-0.2, -0.15) is 4.98 Å². The molecule has 1 aromatic heterocycles. The second-order valence-corrected chi connectivity index (χ2v) is 7.10. The summed E-state index contributed by atoms with van der Waals surface area (Å²) >= 11 is 0. The van der Waals surface area contributed by atoms with Gasteiger partial charge in [0.05, 0.1) is 12.0 Å². The average Bonchev–Trinajstić information content (AvgIpc) is 2.96. The molecule has 2 rings (SSSR count). The molecule has 0 bridgehead atoms. The maximum atomic E-state index is 12.0. The second kappa shape index (κ2) is 5.75. The Kier molecular flexibility index (Phi) is 4.37. The summed E-state index contributed by atoms with van der Waals surface area (Å²) in [4.78, 5) is 16.4. The van der Waals surface area contributed by atoms with Gasteiger partial charge < -0.3 is 14.9 Å². The summed E-state index contributed by atoms with van der Waals surface area (Å²) in [5.41, 5.74) is -1.03. The third kappa shape index (κ3) is 4.03. The maximum absolute atomic E-state index is 12.0. The molecule has 6 nitrogen and oxygen atoms in total. The Hall–Kier alpha value is -1.43. The first kappa shape index (κ1) is 15.9. The first-order valence-electron chi connectivity index (χ1n) is 7.55. The number of carbonyl (C=O) groups excluding carboxylic acids is 1. The lowest BCUT2D eigenvalue weighted by Gasteiger charge is -2.22. The van der Waals surface area contributed by atoms with E-state index in [9.17, 15) is 9.90 Å². The molecule has 2 N–H and O–H groups in total. The highest BCUT2D eigenvalue weighted by atomic mass is 16.5. The molecule has 1 saturated carbocycles. The Morgan fingerprint density at radius 3 is 2.57 bits per heavy atom. The summed E-state index contributed by atoms with van der Waals surface area (Å²) in [7, 11) is 0. The van der Waals surface area contributed by atoms with Gasteiger partial charge in [0.1, 0.15) is 6.04 Å². The van der Waals surface area contributed by atoms with Gasteiger partial charge in [-0.25, -0.2) is 0 Å². The smallest absolute Gasteiger partial charge is 0.248 e. The van der Waals surface area contributed by atoms with Crippen molar-refractivity contribution in [3.05, 3.63) is 11.7 Å². The minimum atomic E-state index is -0.838. The first-order chi connectivity index (χ1) is 9.70. The highest BCUT2D eigenvalue weighted by Crippen LogP contribution is 2.32. The Balaban J connectivity index is 1.93. The van der Waals surface area contributed by atoms with Gasteiger partial charge in [-0.3, -0.25) is 4.79 Å². The fraction of sp³-hybridized carbons (Fsp3) is 0.800. The van der Waals surface area contributed by atoms with Crippen LogP contribution in [0.3, 0.4) is 0 Å². The van der Waals surface area contributed by atoms with Gasteiger partial charge in [0.2, 0.25) is 11.8 Å². The highest BCUT2D eigenvalue weighted by Gasteiger charge is 2.34. The minimum absolute atomic E-state index is 0.137. The number of amides is 1. The summed E-state index contributed by atoms with van der Waals surface area (Å²) in [6.45, 7) is 7.80. The number of nitrogens with zero attached hydrogens (tertiary/aromatic N) is 2. The molecule has 118 valence electrons. The lowest BCUT2D eigenvalue weighted by Crippen LogP contribution is -2.35. The van der Waals surface area contributed by atoms with Crippen molar-refractivity contribution >= 4 is 5.91 Å². The number of carbonyl (C=O) groups is 1. The molecule has 1 aliphatic rings. The van der Waals surface area contributed by atoms with Crippen molar-refractivity contribution < 1.29 is 14.4 Å². The number of nitrogens with one attached hydrogen (secondary N) is 1. The predicted octanol–water partition coefficient (Wildman–Crippen LogP) is 2.24. The van der Waals surface area contributed by atoms with E-state index in [-0.39, 0.29) is 23.8 Å². The third-order valence-corrected chi connectivity index (χ3v) is 3.88. The van der Waals surface area contributed by atoms with Crippen molar-refractivity contribution in [3.8, 4) is 0 Å². The highest BCUT2D eigenvalue weighted by molar-refractivity contribution is 5.77. The number of aliphatic hydroxyl groups is 1. The van der Waals surface area contributed by atoms with Crippen molar-refractivity contribution in [2.24, 2.45) is 0 Å². The third-order valence-electron chi connectivity index (χ3n) is 3.88. The molecule has 1 aromatic rings. The lowest BCUT2D eigenvalue weighted by atomic mass is 9.96. The van der Waals surface area contributed by atoms with Crippen LogP contribution in [0.25, 0.3) is 0 Å².